The summed E-state index contributed by atoms with van der Waals surface area (Å²) in [6, 6.07) is 4.20. The number of amides is 1. The van der Waals surface area contributed by atoms with Crippen LogP contribution in [0.1, 0.15) is 12.8 Å². The maximum absolute atomic E-state index is 13.2. The Kier molecular flexibility index (Phi) is 2.94. The average molecular weight is 223 g/mol. The zero-order valence-electron chi connectivity index (χ0n) is 8.79. The lowest BCUT2D eigenvalue weighted by Crippen LogP contribution is -2.44. The van der Waals surface area contributed by atoms with Gasteiger partial charge in [0, 0.05) is 6.54 Å². The number of carbonyl (C=O) groups excluding carboxylic acids is 1. The van der Waals surface area contributed by atoms with Crippen LogP contribution in [-0.4, -0.2) is 18.5 Å². The topological polar surface area (TPSA) is 67.2 Å². The summed E-state index contributed by atoms with van der Waals surface area (Å²) in [5, 5.41) is 5.71. The van der Waals surface area contributed by atoms with Crippen LogP contribution in [0.3, 0.4) is 0 Å². The third-order valence-corrected chi connectivity index (χ3v) is 2.67. The third-order valence-electron chi connectivity index (χ3n) is 2.67. The average Bonchev–Trinajstić information content (AvgIpc) is 2.28. The Morgan fingerprint density at radius 2 is 2.31 bits per heavy atom. The minimum absolute atomic E-state index is 0.0564. The highest BCUT2D eigenvalue weighted by Crippen LogP contribution is 2.23. The van der Waals surface area contributed by atoms with Gasteiger partial charge in [0.15, 0.2) is 0 Å². The maximum atomic E-state index is 13.2. The van der Waals surface area contributed by atoms with Crippen molar-refractivity contribution < 1.29 is 9.18 Å². The summed E-state index contributed by atoms with van der Waals surface area (Å²) in [4.78, 5) is 11.5. The minimum atomic E-state index is -0.471. The van der Waals surface area contributed by atoms with E-state index in [4.69, 9.17) is 5.73 Å². The summed E-state index contributed by atoms with van der Waals surface area (Å²) in [5.74, 6) is -0.531. The first-order valence-corrected chi connectivity index (χ1v) is 5.26. The number of para-hydroxylation sites is 1. The van der Waals surface area contributed by atoms with Crippen molar-refractivity contribution in [2.24, 2.45) is 0 Å². The summed E-state index contributed by atoms with van der Waals surface area (Å²) in [7, 11) is 0. The molecule has 1 saturated heterocycles. The Bertz CT molecular complexity index is 408. The zero-order chi connectivity index (χ0) is 11.5. The number of benzene rings is 1. The molecule has 1 aliphatic heterocycles. The molecule has 4 nitrogen and oxygen atoms in total. The number of hydrogen-bond donors (Lipinski definition) is 3. The van der Waals surface area contributed by atoms with E-state index < -0.39 is 5.82 Å². The summed E-state index contributed by atoms with van der Waals surface area (Å²) < 4.78 is 13.2. The number of rotatable bonds is 2. The van der Waals surface area contributed by atoms with Crippen molar-refractivity contribution in [3.05, 3.63) is 24.0 Å². The van der Waals surface area contributed by atoms with Gasteiger partial charge in [-0.3, -0.25) is 4.79 Å². The molecule has 4 N–H and O–H groups in total. The zero-order valence-corrected chi connectivity index (χ0v) is 8.79. The highest BCUT2D eigenvalue weighted by atomic mass is 19.1. The molecular weight excluding hydrogens is 209 g/mol. The van der Waals surface area contributed by atoms with Crippen molar-refractivity contribution in [3.8, 4) is 0 Å². The van der Waals surface area contributed by atoms with Crippen LogP contribution in [0, 0.1) is 5.82 Å². The maximum Gasteiger partial charge on any atom is 0.242 e. The fraction of sp³-hybridized carbons (Fsp3) is 0.364. The van der Waals surface area contributed by atoms with E-state index >= 15 is 0 Å². The quantitative estimate of drug-likeness (QED) is 0.658. The van der Waals surface area contributed by atoms with Gasteiger partial charge in [0.2, 0.25) is 5.91 Å². The molecular formula is C11H14FN3O. The van der Waals surface area contributed by atoms with Gasteiger partial charge in [-0.2, -0.15) is 0 Å². The first-order valence-electron chi connectivity index (χ1n) is 5.26. The lowest BCUT2D eigenvalue weighted by Gasteiger charge is -2.24. The van der Waals surface area contributed by atoms with E-state index in [0.29, 0.717) is 12.2 Å². The normalized spacial score (nSPS) is 20.3. The summed E-state index contributed by atoms with van der Waals surface area (Å²) in [6.45, 7) is 0.704. The number of hydrogen-bond acceptors (Lipinski definition) is 3. The number of nitrogens with two attached hydrogens (primary N) is 1. The molecule has 1 aliphatic rings. The van der Waals surface area contributed by atoms with Gasteiger partial charge in [0.05, 0.1) is 11.4 Å². The van der Waals surface area contributed by atoms with Crippen LogP contribution in [0.4, 0.5) is 15.8 Å². The van der Waals surface area contributed by atoms with E-state index in [1.54, 1.807) is 12.1 Å². The van der Waals surface area contributed by atoms with Gasteiger partial charge < -0.3 is 16.4 Å². The lowest BCUT2D eigenvalue weighted by atomic mass is 10.1. The van der Waals surface area contributed by atoms with E-state index in [1.807, 2.05) is 0 Å². The van der Waals surface area contributed by atoms with Crippen molar-refractivity contribution in [1.29, 1.82) is 0 Å². The molecule has 0 saturated carbocycles. The highest BCUT2D eigenvalue weighted by molar-refractivity contribution is 5.86. The molecule has 1 atom stereocenters. The summed E-state index contributed by atoms with van der Waals surface area (Å²) in [5.41, 5.74) is 6.11. The van der Waals surface area contributed by atoms with E-state index in [9.17, 15) is 9.18 Å². The smallest absolute Gasteiger partial charge is 0.242 e. The number of nitrogens with one attached hydrogen (secondary N) is 2. The van der Waals surface area contributed by atoms with Crippen molar-refractivity contribution in [2.75, 3.05) is 17.6 Å². The highest BCUT2D eigenvalue weighted by Gasteiger charge is 2.22. The van der Waals surface area contributed by atoms with Crippen LogP contribution >= 0.6 is 0 Å². The number of carbonyl (C=O) groups is 1. The Morgan fingerprint density at radius 1 is 1.50 bits per heavy atom. The first-order chi connectivity index (χ1) is 7.68. The van der Waals surface area contributed by atoms with E-state index in [-0.39, 0.29) is 17.6 Å². The van der Waals surface area contributed by atoms with Crippen molar-refractivity contribution >= 4 is 17.3 Å². The Hall–Kier alpha value is -1.78. The largest absolute Gasteiger partial charge is 0.395 e. The predicted octanol–water partition coefficient (Wildman–Crippen LogP) is 1.10. The number of piperidine rings is 1. The molecule has 1 amide bonds. The molecule has 0 aromatic heterocycles. The molecule has 1 heterocycles. The lowest BCUT2D eigenvalue weighted by molar-refractivity contribution is -0.123. The molecule has 1 aromatic rings. The molecule has 86 valence electrons. The van der Waals surface area contributed by atoms with Crippen LogP contribution in [0.2, 0.25) is 0 Å². The summed E-state index contributed by atoms with van der Waals surface area (Å²) >= 11 is 0. The van der Waals surface area contributed by atoms with Crippen molar-refractivity contribution in [2.45, 2.75) is 18.9 Å². The van der Waals surface area contributed by atoms with Crippen LogP contribution in [-0.2, 0) is 4.79 Å². The molecule has 1 aromatic carbocycles. The molecule has 16 heavy (non-hydrogen) atoms. The molecule has 0 radical (unpaired) electrons. The molecule has 1 fully saturated rings. The summed E-state index contributed by atoms with van der Waals surface area (Å²) in [6.07, 6.45) is 1.65. The van der Waals surface area contributed by atoms with Gasteiger partial charge >= 0.3 is 0 Å². The van der Waals surface area contributed by atoms with E-state index in [2.05, 4.69) is 10.6 Å². The van der Waals surface area contributed by atoms with Gasteiger partial charge in [-0.25, -0.2) is 4.39 Å². The van der Waals surface area contributed by atoms with Crippen LogP contribution in [0.5, 0.6) is 0 Å². The van der Waals surface area contributed by atoms with Crippen LogP contribution in [0.25, 0.3) is 0 Å². The predicted molar refractivity (Wildman–Crippen MR) is 60.5 cm³/mol. The number of nitrogen functional groups attached to an aromatic ring is 1. The Labute approximate surface area is 93.0 Å². The van der Waals surface area contributed by atoms with Crippen molar-refractivity contribution in [1.82, 2.24) is 5.32 Å². The minimum Gasteiger partial charge on any atom is -0.395 e. The molecule has 0 spiro atoms. The monoisotopic (exact) mass is 223 g/mol. The Balaban J connectivity index is 2.14. The van der Waals surface area contributed by atoms with E-state index in [0.717, 1.165) is 12.8 Å². The second-order valence-corrected chi connectivity index (χ2v) is 3.83. The van der Waals surface area contributed by atoms with Gasteiger partial charge in [-0.15, -0.1) is 0 Å². The molecule has 0 bridgehead atoms. The Morgan fingerprint density at radius 3 is 3.06 bits per heavy atom. The SMILES string of the molecule is Nc1c(F)cccc1NC1CCCNC1=O. The van der Waals surface area contributed by atoms with Crippen molar-refractivity contribution in [3.63, 3.8) is 0 Å². The molecule has 2 rings (SSSR count). The number of anilines is 2. The molecule has 1 unspecified atom stereocenters. The third kappa shape index (κ3) is 2.08. The first kappa shape index (κ1) is 10.7. The van der Waals surface area contributed by atoms with Gasteiger partial charge in [-0.05, 0) is 25.0 Å². The molecule has 0 aliphatic carbocycles. The molecule has 5 heteroatoms. The van der Waals surface area contributed by atoms with Gasteiger partial charge in [0.25, 0.3) is 0 Å². The second kappa shape index (κ2) is 4.38. The fourth-order valence-electron chi connectivity index (χ4n) is 1.76. The van der Waals surface area contributed by atoms with Gasteiger partial charge in [-0.1, -0.05) is 6.07 Å². The fourth-order valence-corrected chi connectivity index (χ4v) is 1.76. The second-order valence-electron chi connectivity index (χ2n) is 3.83. The number of halogens is 1. The van der Waals surface area contributed by atoms with Gasteiger partial charge in [0.1, 0.15) is 11.9 Å². The standard InChI is InChI=1S/C11H14FN3O/c12-7-3-1-4-8(10(7)13)15-9-5-2-6-14-11(9)16/h1,3-4,9,15H,2,5-6,13H2,(H,14,16). The van der Waals surface area contributed by atoms with E-state index in [1.165, 1.54) is 6.07 Å². The van der Waals surface area contributed by atoms with Crippen LogP contribution < -0.4 is 16.4 Å². The van der Waals surface area contributed by atoms with Crippen LogP contribution in [0.15, 0.2) is 18.2 Å².